The van der Waals surface area contributed by atoms with Gasteiger partial charge in [-0.15, -0.1) is 0 Å². The van der Waals surface area contributed by atoms with Gasteiger partial charge in [-0.1, -0.05) is 6.92 Å². The lowest BCUT2D eigenvalue weighted by Gasteiger charge is -1.70. The summed E-state index contributed by atoms with van der Waals surface area (Å²) < 4.78 is 0. The number of rotatable bonds is 2. The molecule has 0 saturated heterocycles. The lowest BCUT2D eigenvalue weighted by atomic mass is 10.4. The van der Waals surface area contributed by atoms with Crippen molar-refractivity contribution in [3.63, 3.8) is 0 Å². The van der Waals surface area contributed by atoms with Gasteiger partial charge >= 0.3 is 0 Å². The molecule has 1 radical (unpaired) electrons. The standard InChI is InChI=1S/C4H8N/c1-2-3-4-5/h3-5H,2H2,1H3. The fourth-order valence-corrected chi connectivity index (χ4v) is 0.118. The van der Waals surface area contributed by atoms with E-state index >= 15 is 0 Å². The Morgan fingerprint density at radius 1 is 1.80 bits per heavy atom. The summed E-state index contributed by atoms with van der Waals surface area (Å²) in [6.07, 6.45) is 4.07. The highest BCUT2D eigenvalue weighted by Gasteiger charge is 1.64. The molecule has 5 heavy (non-hydrogen) atoms. The molecule has 0 aromatic carbocycles. The molecule has 1 N–H and O–H groups in total. The van der Waals surface area contributed by atoms with Gasteiger partial charge in [0.1, 0.15) is 0 Å². The maximum absolute atomic E-state index is 6.42. The minimum atomic E-state index is 0.976. The number of hydrogen-bond donors (Lipinski definition) is 1. The van der Waals surface area contributed by atoms with Crippen LogP contribution in [-0.2, 0) is 0 Å². The van der Waals surface area contributed by atoms with E-state index in [1.54, 1.807) is 6.42 Å². The number of unbranched alkanes of at least 4 members (excludes halogenated alkanes) is 1. The highest BCUT2D eigenvalue weighted by Crippen LogP contribution is 1.73. The first-order valence-electron chi connectivity index (χ1n) is 1.74. The third kappa shape index (κ3) is 3.67. The third-order valence-corrected chi connectivity index (χ3v) is 0.354. The first-order valence-corrected chi connectivity index (χ1v) is 1.74. The Balaban J connectivity index is 2.40. The van der Waals surface area contributed by atoms with Gasteiger partial charge in [-0.2, -0.15) is 0 Å². The predicted molar refractivity (Wildman–Crippen MR) is 23.4 cm³/mol. The zero-order valence-electron chi connectivity index (χ0n) is 3.36. The third-order valence-electron chi connectivity index (χ3n) is 0.354. The van der Waals surface area contributed by atoms with Gasteiger partial charge < -0.3 is 5.41 Å². The Hall–Kier alpha value is -0.330. The summed E-state index contributed by atoms with van der Waals surface area (Å²) in [7, 11) is 0. The summed E-state index contributed by atoms with van der Waals surface area (Å²) in [4.78, 5) is 0. The van der Waals surface area contributed by atoms with Gasteiger partial charge in [0.25, 0.3) is 0 Å². The Morgan fingerprint density at radius 3 is 2.40 bits per heavy atom. The van der Waals surface area contributed by atoms with Crippen molar-refractivity contribution in [2.75, 3.05) is 0 Å². The van der Waals surface area contributed by atoms with E-state index in [9.17, 15) is 0 Å². The van der Waals surface area contributed by atoms with E-state index < -0.39 is 0 Å². The van der Waals surface area contributed by atoms with Crippen molar-refractivity contribution in [1.82, 2.24) is 0 Å². The largest absolute Gasteiger partial charge is 0.313 e. The van der Waals surface area contributed by atoms with E-state index in [4.69, 9.17) is 5.41 Å². The van der Waals surface area contributed by atoms with Crippen LogP contribution in [-0.4, -0.2) is 6.21 Å². The van der Waals surface area contributed by atoms with Crippen molar-refractivity contribution >= 4 is 6.21 Å². The van der Waals surface area contributed by atoms with Gasteiger partial charge in [0, 0.05) is 6.42 Å². The van der Waals surface area contributed by atoms with Crippen molar-refractivity contribution in [2.24, 2.45) is 0 Å². The molecule has 0 aliphatic heterocycles. The molecule has 0 aromatic heterocycles. The van der Waals surface area contributed by atoms with Crippen LogP contribution in [0.3, 0.4) is 0 Å². The fraction of sp³-hybridized carbons (Fsp3) is 0.500. The van der Waals surface area contributed by atoms with Crippen molar-refractivity contribution in [3.05, 3.63) is 6.42 Å². The predicted octanol–water partition coefficient (Wildman–Crippen LogP) is 1.25. The van der Waals surface area contributed by atoms with Gasteiger partial charge in [0.15, 0.2) is 0 Å². The minimum Gasteiger partial charge on any atom is -0.313 e. The molecule has 0 aromatic rings. The summed E-state index contributed by atoms with van der Waals surface area (Å²) in [6, 6.07) is 0. The molecular formula is C4H8N. The van der Waals surface area contributed by atoms with Crippen LogP contribution in [0, 0.1) is 11.8 Å². The average molecular weight is 70.1 g/mol. The van der Waals surface area contributed by atoms with Crippen LogP contribution >= 0.6 is 0 Å². The summed E-state index contributed by atoms with van der Waals surface area (Å²) in [6.45, 7) is 2.00. The zero-order valence-corrected chi connectivity index (χ0v) is 3.36. The highest BCUT2D eigenvalue weighted by atomic mass is 14.3. The quantitative estimate of drug-likeness (QED) is 0.473. The van der Waals surface area contributed by atoms with E-state index in [1.165, 1.54) is 6.21 Å². The van der Waals surface area contributed by atoms with Crippen molar-refractivity contribution in [1.29, 1.82) is 5.41 Å². The smallest absolute Gasteiger partial charge is 0.000997 e. The molecule has 0 spiro atoms. The second-order valence-corrected chi connectivity index (χ2v) is 0.811. The molecule has 0 heterocycles. The van der Waals surface area contributed by atoms with E-state index in [0.717, 1.165) is 6.42 Å². The molecule has 1 nitrogen and oxygen atoms in total. The van der Waals surface area contributed by atoms with Gasteiger partial charge in [0.05, 0.1) is 0 Å². The van der Waals surface area contributed by atoms with Crippen molar-refractivity contribution < 1.29 is 0 Å². The van der Waals surface area contributed by atoms with Crippen LogP contribution in [0.15, 0.2) is 0 Å². The topological polar surface area (TPSA) is 23.9 Å². The van der Waals surface area contributed by atoms with Crippen LogP contribution in [0.2, 0.25) is 0 Å². The van der Waals surface area contributed by atoms with Gasteiger partial charge in [-0.3, -0.25) is 0 Å². The van der Waals surface area contributed by atoms with Crippen LogP contribution in [0.1, 0.15) is 13.3 Å². The summed E-state index contributed by atoms with van der Waals surface area (Å²) >= 11 is 0. The van der Waals surface area contributed by atoms with Crippen LogP contribution < -0.4 is 0 Å². The second kappa shape index (κ2) is 3.67. The zero-order chi connectivity index (χ0) is 4.12. The number of hydrogen-bond acceptors (Lipinski definition) is 1. The normalized spacial score (nSPS) is 7.40. The molecule has 0 fully saturated rings. The Bertz CT molecular complexity index is 24.8. The van der Waals surface area contributed by atoms with E-state index in [1.807, 2.05) is 6.92 Å². The summed E-state index contributed by atoms with van der Waals surface area (Å²) in [5.41, 5.74) is 0. The Kier molecular flexibility index (Phi) is 3.43. The Labute approximate surface area is 32.5 Å². The molecule has 0 saturated carbocycles. The first kappa shape index (κ1) is 4.67. The molecular weight excluding hydrogens is 62.1 g/mol. The summed E-state index contributed by atoms with van der Waals surface area (Å²) in [5.74, 6) is 0. The van der Waals surface area contributed by atoms with Crippen LogP contribution in [0.25, 0.3) is 0 Å². The fourth-order valence-electron chi connectivity index (χ4n) is 0.118. The van der Waals surface area contributed by atoms with Crippen LogP contribution in [0.4, 0.5) is 0 Å². The average Bonchev–Trinajstić information content (AvgIpc) is 1.41. The van der Waals surface area contributed by atoms with E-state index in [2.05, 4.69) is 0 Å². The molecule has 0 unspecified atom stereocenters. The van der Waals surface area contributed by atoms with Crippen molar-refractivity contribution in [3.8, 4) is 0 Å². The summed E-state index contributed by atoms with van der Waals surface area (Å²) in [5, 5.41) is 6.42. The van der Waals surface area contributed by atoms with Gasteiger partial charge in [-0.25, -0.2) is 0 Å². The number of nitrogens with one attached hydrogen (secondary N) is 1. The second-order valence-electron chi connectivity index (χ2n) is 0.811. The molecule has 0 aliphatic carbocycles. The lowest BCUT2D eigenvalue weighted by Crippen LogP contribution is -1.65. The van der Waals surface area contributed by atoms with E-state index in [-0.39, 0.29) is 0 Å². The van der Waals surface area contributed by atoms with E-state index in [0.29, 0.717) is 0 Å². The first-order chi connectivity index (χ1) is 2.41. The molecule has 0 bridgehead atoms. The van der Waals surface area contributed by atoms with Gasteiger partial charge in [0.2, 0.25) is 0 Å². The maximum atomic E-state index is 6.42. The highest BCUT2D eigenvalue weighted by molar-refractivity contribution is 5.63. The molecule has 0 amide bonds. The SMILES string of the molecule is CC[CH]C=N. The molecule has 0 rings (SSSR count). The molecule has 0 atom stereocenters. The van der Waals surface area contributed by atoms with Crippen molar-refractivity contribution in [2.45, 2.75) is 13.3 Å². The monoisotopic (exact) mass is 70.1 g/mol. The minimum absolute atomic E-state index is 0.976. The molecule has 1 heteroatoms. The maximum Gasteiger partial charge on any atom is 0.000997 e. The molecule has 0 aliphatic rings. The Morgan fingerprint density at radius 2 is 2.40 bits per heavy atom. The lowest BCUT2D eigenvalue weighted by molar-refractivity contribution is 1.17. The molecule has 29 valence electrons. The van der Waals surface area contributed by atoms with Gasteiger partial charge in [-0.05, 0) is 12.6 Å². The van der Waals surface area contributed by atoms with Crippen LogP contribution in [0.5, 0.6) is 0 Å².